The van der Waals surface area contributed by atoms with Gasteiger partial charge in [-0.15, -0.1) is 0 Å². The monoisotopic (exact) mass is 227 g/mol. The largest absolute Gasteiger partial charge is 0.462 e. The lowest BCUT2D eigenvalue weighted by Gasteiger charge is -2.09. The Kier molecular flexibility index (Phi) is 4.25. The number of esters is 1. The summed E-state index contributed by atoms with van der Waals surface area (Å²) in [6, 6.07) is 3.64. The van der Waals surface area contributed by atoms with Crippen LogP contribution in [-0.4, -0.2) is 24.3 Å². The summed E-state index contributed by atoms with van der Waals surface area (Å²) in [5.74, 6) is -1.27. The van der Waals surface area contributed by atoms with Crippen molar-refractivity contribution in [2.45, 2.75) is 6.92 Å². The lowest BCUT2D eigenvalue weighted by Crippen LogP contribution is -2.14. The Labute approximate surface area is 92.8 Å². The van der Waals surface area contributed by atoms with Crippen molar-refractivity contribution in [1.82, 2.24) is 0 Å². The van der Waals surface area contributed by atoms with Crippen molar-refractivity contribution in [3.05, 3.63) is 29.6 Å². The Hall–Kier alpha value is -1.62. The van der Waals surface area contributed by atoms with Gasteiger partial charge in [0.25, 0.3) is 0 Å². The topological polar surface area (TPSA) is 72.5 Å². The molecule has 1 rings (SSSR count). The van der Waals surface area contributed by atoms with E-state index in [1.54, 1.807) is 6.92 Å². The van der Waals surface area contributed by atoms with E-state index in [1.807, 2.05) is 0 Å². The number of rotatable bonds is 4. The van der Waals surface area contributed by atoms with E-state index in [0.29, 0.717) is 0 Å². The third kappa shape index (κ3) is 3.20. The SMILES string of the molecule is CC(CO)COC(=O)c1ccc(F)c(N)c1. The third-order valence-electron chi connectivity index (χ3n) is 2.04. The summed E-state index contributed by atoms with van der Waals surface area (Å²) < 4.78 is 17.7. The zero-order chi connectivity index (χ0) is 12.1. The average Bonchev–Trinajstić information content (AvgIpc) is 2.29. The zero-order valence-electron chi connectivity index (χ0n) is 8.94. The molecule has 16 heavy (non-hydrogen) atoms. The van der Waals surface area contributed by atoms with Crippen molar-refractivity contribution in [2.75, 3.05) is 18.9 Å². The summed E-state index contributed by atoms with van der Waals surface area (Å²) >= 11 is 0. The number of nitrogens with two attached hydrogens (primary N) is 1. The van der Waals surface area contributed by atoms with Crippen molar-refractivity contribution < 1.29 is 19.0 Å². The van der Waals surface area contributed by atoms with Gasteiger partial charge in [0.05, 0.1) is 17.9 Å². The summed E-state index contributed by atoms with van der Waals surface area (Å²) in [6.07, 6.45) is 0. The molecule has 0 spiro atoms. The Morgan fingerprint density at radius 1 is 1.62 bits per heavy atom. The number of carbonyl (C=O) groups is 1. The van der Waals surface area contributed by atoms with E-state index in [4.69, 9.17) is 15.6 Å². The van der Waals surface area contributed by atoms with Crippen LogP contribution in [0.2, 0.25) is 0 Å². The van der Waals surface area contributed by atoms with Gasteiger partial charge in [-0.05, 0) is 18.2 Å². The standard InChI is InChI=1S/C11H14FNO3/c1-7(5-14)6-16-11(15)8-2-3-9(12)10(13)4-8/h2-4,7,14H,5-6,13H2,1H3. The number of benzene rings is 1. The van der Waals surface area contributed by atoms with E-state index < -0.39 is 11.8 Å². The highest BCUT2D eigenvalue weighted by molar-refractivity contribution is 5.90. The number of carbonyl (C=O) groups excluding carboxylic acids is 1. The first-order valence-corrected chi connectivity index (χ1v) is 4.87. The second-order valence-corrected chi connectivity index (χ2v) is 3.62. The predicted octanol–water partition coefficient (Wildman–Crippen LogP) is 1.19. The van der Waals surface area contributed by atoms with E-state index in [-0.39, 0.29) is 30.4 Å². The van der Waals surface area contributed by atoms with Gasteiger partial charge < -0.3 is 15.6 Å². The molecule has 0 amide bonds. The van der Waals surface area contributed by atoms with Crippen LogP contribution in [0.5, 0.6) is 0 Å². The van der Waals surface area contributed by atoms with Gasteiger partial charge in [-0.2, -0.15) is 0 Å². The Morgan fingerprint density at radius 3 is 2.88 bits per heavy atom. The first-order valence-electron chi connectivity index (χ1n) is 4.87. The molecule has 88 valence electrons. The van der Waals surface area contributed by atoms with Crippen LogP contribution in [0.1, 0.15) is 17.3 Å². The summed E-state index contributed by atoms with van der Waals surface area (Å²) in [7, 11) is 0. The van der Waals surface area contributed by atoms with E-state index in [0.717, 1.165) is 6.07 Å². The van der Waals surface area contributed by atoms with E-state index in [1.165, 1.54) is 12.1 Å². The molecule has 1 unspecified atom stereocenters. The summed E-state index contributed by atoms with van der Waals surface area (Å²) in [5, 5.41) is 8.74. The number of nitrogen functional groups attached to an aromatic ring is 1. The van der Waals surface area contributed by atoms with Crippen LogP contribution in [0.15, 0.2) is 18.2 Å². The molecule has 1 aromatic carbocycles. The van der Waals surface area contributed by atoms with Gasteiger partial charge in [-0.25, -0.2) is 9.18 Å². The van der Waals surface area contributed by atoms with Crippen molar-refractivity contribution in [3.8, 4) is 0 Å². The van der Waals surface area contributed by atoms with Gasteiger partial charge in [-0.3, -0.25) is 0 Å². The van der Waals surface area contributed by atoms with Crippen LogP contribution in [0.3, 0.4) is 0 Å². The number of ether oxygens (including phenoxy) is 1. The van der Waals surface area contributed by atoms with Crippen LogP contribution < -0.4 is 5.73 Å². The second-order valence-electron chi connectivity index (χ2n) is 3.62. The molecule has 0 radical (unpaired) electrons. The molecule has 1 atom stereocenters. The van der Waals surface area contributed by atoms with E-state index in [9.17, 15) is 9.18 Å². The van der Waals surface area contributed by atoms with Crippen molar-refractivity contribution in [2.24, 2.45) is 5.92 Å². The van der Waals surface area contributed by atoms with Crippen molar-refractivity contribution >= 4 is 11.7 Å². The highest BCUT2D eigenvalue weighted by atomic mass is 19.1. The quantitative estimate of drug-likeness (QED) is 0.598. The molecular formula is C11H14FNO3. The minimum absolute atomic E-state index is 0.0567. The Bertz CT molecular complexity index is 381. The maximum absolute atomic E-state index is 12.8. The molecule has 0 fully saturated rings. The Morgan fingerprint density at radius 2 is 2.31 bits per heavy atom. The second kappa shape index (κ2) is 5.46. The minimum atomic E-state index is -0.577. The van der Waals surface area contributed by atoms with Crippen molar-refractivity contribution in [1.29, 1.82) is 0 Å². The summed E-state index contributed by atoms with van der Waals surface area (Å²) in [4.78, 5) is 11.4. The van der Waals surface area contributed by atoms with Gasteiger partial charge in [0.15, 0.2) is 0 Å². The smallest absolute Gasteiger partial charge is 0.338 e. The highest BCUT2D eigenvalue weighted by Gasteiger charge is 2.11. The molecule has 0 saturated heterocycles. The van der Waals surface area contributed by atoms with Gasteiger partial charge in [0, 0.05) is 12.5 Å². The number of hydrogen-bond acceptors (Lipinski definition) is 4. The van der Waals surface area contributed by atoms with Gasteiger partial charge >= 0.3 is 5.97 Å². The van der Waals surface area contributed by atoms with Crippen LogP contribution in [0.25, 0.3) is 0 Å². The molecule has 0 aliphatic carbocycles. The number of hydrogen-bond donors (Lipinski definition) is 2. The fourth-order valence-corrected chi connectivity index (χ4v) is 1.02. The first-order chi connectivity index (χ1) is 7.54. The fourth-order valence-electron chi connectivity index (χ4n) is 1.02. The number of aliphatic hydroxyl groups is 1. The van der Waals surface area contributed by atoms with Gasteiger partial charge in [0.2, 0.25) is 0 Å². The molecule has 5 heteroatoms. The van der Waals surface area contributed by atoms with Crippen LogP contribution in [0, 0.1) is 11.7 Å². The van der Waals surface area contributed by atoms with Crippen LogP contribution >= 0.6 is 0 Å². The molecule has 0 aromatic heterocycles. The number of anilines is 1. The van der Waals surface area contributed by atoms with Crippen LogP contribution in [0.4, 0.5) is 10.1 Å². The van der Waals surface area contributed by atoms with Crippen LogP contribution in [-0.2, 0) is 4.74 Å². The third-order valence-corrected chi connectivity index (χ3v) is 2.04. The summed E-state index contributed by atoms with van der Waals surface area (Å²) in [5.41, 5.74) is 5.42. The van der Waals surface area contributed by atoms with Gasteiger partial charge in [0.1, 0.15) is 5.82 Å². The fraction of sp³-hybridized carbons (Fsp3) is 0.364. The molecular weight excluding hydrogens is 213 g/mol. The molecule has 0 aliphatic heterocycles. The molecule has 0 bridgehead atoms. The number of halogens is 1. The normalized spacial score (nSPS) is 12.2. The first kappa shape index (κ1) is 12.4. The number of aliphatic hydroxyl groups excluding tert-OH is 1. The molecule has 0 saturated carbocycles. The molecule has 4 nitrogen and oxygen atoms in total. The lowest BCUT2D eigenvalue weighted by molar-refractivity contribution is 0.0405. The predicted molar refractivity (Wildman–Crippen MR) is 57.3 cm³/mol. The molecule has 1 aromatic rings. The zero-order valence-corrected chi connectivity index (χ0v) is 8.94. The van der Waals surface area contributed by atoms with Gasteiger partial charge in [-0.1, -0.05) is 6.92 Å². The highest BCUT2D eigenvalue weighted by Crippen LogP contribution is 2.13. The molecule has 3 N–H and O–H groups in total. The molecule has 0 aliphatic rings. The minimum Gasteiger partial charge on any atom is -0.462 e. The maximum Gasteiger partial charge on any atom is 0.338 e. The average molecular weight is 227 g/mol. The van der Waals surface area contributed by atoms with E-state index >= 15 is 0 Å². The molecule has 0 heterocycles. The maximum atomic E-state index is 12.8. The van der Waals surface area contributed by atoms with E-state index in [2.05, 4.69) is 0 Å². The lowest BCUT2D eigenvalue weighted by atomic mass is 10.2. The van der Waals surface area contributed by atoms with Crippen molar-refractivity contribution in [3.63, 3.8) is 0 Å². The summed E-state index contributed by atoms with van der Waals surface area (Å²) in [6.45, 7) is 1.80. The Balaban J connectivity index is 2.63.